The third-order valence-corrected chi connectivity index (χ3v) is 5.49. The fraction of sp³-hybridized carbons (Fsp3) is 0.0800. The van der Waals surface area contributed by atoms with Crippen molar-refractivity contribution in [3.05, 3.63) is 90.7 Å². The number of carbonyl (C=O) groups is 2. The molecule has 1 aliphatic heterocycles. The van der Waals surface area contributed by atoms with Crippen molar-refractivity contribution >= 4 is 57.5 Å². The summed E-state index contributed by atoms with van der Waals surface area (Å²) in [6.45, 7) is 3.55. The van der Waals surface area contributed by atoms with Crippen LogP contribution in [-0.2, 0) is 11.3 Å². The fourth-order valence-corrected chi connectivity index (χ4v) is 3.72. The third kappa shape index (κ3) is 5.41. The van der Waals surface area contributed by atoms with E-state index in [2.05, 4.69) is 32.5 Å². The number of carbonyl (C=O) groups excluding carboxylic acids is 2. The number of hydrogen-bond donors (Lipinski definition) is 4. The number of anilines is 5. The van der Waals surface area contributed by atoms with Crippen LogP contribution in [0.25, 0.3) is 0 Å². The van der Waals surface area contributed by atoms with Crippen molar-refractivity contribution in [3.63, 3.8) is 0 Å². The zero-order chi connectivity index (χ0) is 26.5. The summed E-state index contributed by atoms with van der Waals surface area (Å²) in [5.74, 6) is -1.04. The zero-order valence-corrected chi connectivity index (χ0v) is 20.4. The lowest BCUT2D eigenvalue weighted by molar-refractivity contribution is -0.111. The van der Waals surface area contributed by atoms with E-state index in [1.54, 1.807) is 31.3 Å². The number of allylic oxidation sites excluding steroid dienone is 1. The number of hydrogen-bond acceptors (Lipinski definition) is 7. The van der Waals surface area contributed by atoms with Gasteiger partial charge in [0.25, 0.3) is 0 Å². The monoisotopic (exact) mass is 520 g/mol. The number of rotatable bonds is 8. The number of para-hydroxylation sites is 1. The molecule has 4 N–H and O–H groups in total. The molecule has 2 aromatic carbocycles. The van der Waals surface area contributed by atoms with Crippen LogP contribution in [0.4, 0.5) is 38.0 Å². The lowest BCUT2D eigenvalue weighted by atomic mass is 10.1. The Morgan fingerprint density at radius 2 is 1.97 bits per heavy atom. The van der Waals surface area contributed by atoms with Crippen LogP contribution in [-0.4, -0.2) is 34.1 Å². The normalized spacial score (nSPS) is 13.1. The molecule has 37 heavy (non-hydrogen) atoms. The molecule has 4 rings (SSSR count). The van der Waals surface area contributed by atoms with Gasteiger partial charge in [-0.1, -0.05) is 36.4 Å². The van der Waals surface area contributed by atoms with Gasteiger partial charge in [0, 0.05) is 36.4 Å². The molecule has 3 amide bonds. The predicted molar refractivity (Wildman–Crippen MR) is 142 cm³/mol. The Hall–Kier alpha value is -4.77. The van der Waals surface area contributed by atoms with Gasteiger partial charge in [-0.3, -0.25) is 15.1 Å². The first kappa shape index (κ1) is 25.3. The summed E-state index contributed by atoms with van der Waals surface area (Å²) in [5, 5.41) is 15.6. The average molecular weight is 521 g/mol. The summed E-state index contributed by atoms with van der Waals surface area (Å²) in [6.07, 6.45) is 4.04. The SMILES string of the molecule is C=CC(=O)Nc1ccc(F)c(N2C(=O)N(c3ccccc3)Cc3cnc(N/C(=C/NC)C(=N)Cl)nc32)c1. The minimum absolute atomic E-state index is 0.0353. The minimum Gasteiger partial charge on any atom is -0.392 e. The van der Waals surface area contributed by atoms with Crippen LogP contribution in [0.3, 0.4) is 0 Å². The Kier molecular flexibility index (Phi) is 7.44. The first-order valence-corrected chi connectivity index (χ1v) is 11.3. The Morgan fingerprint density at radius 1 is 1.22 bits per heavy atom. The number of fused-ring (bicyclic) bond motifs is 1. The van der Waals surface area contributed by atoms with E-state index in [0.29, 0.717) is 11.3 Å². The maximum atomic E-state index is 15.2. The van der Waals surface area contributed by atoms with Gasteiger partial charge < -0.3 is 16.0 Å². The molecule has 0 fully saturated rings. The summed E-state index contributed by atoms with van der Waals surface area (Å²) in [5.41, 5.74) is 1.44. The van der Waals surface area contributed by atoms with E-state index in [-0.39, 0.29) is 40.6 Å². The summed E-state index contributed by atoms with van der Waals surface area (Å²) in [6, 6.07) is 12.2. The van der Waals surface area contributed by atoms with Crippen LogP contribution < -0.4 is 25.8 Å². The third-order valence-electron chi connectivity index (χ3n) is 5.28. The molecule has 0 aliphatic carbocycles. The molecule has 2 heterocycles. The molecule has 0 spiro atoms. The highest BCUT2D eigenvalue weighted by molar-refractivity contribution is 6.68. The fourth-order valence-electron chi connectivity index (χ4n) is 3.61. The second-order valence-corrected chi connectivity index (χ2v) is 8.11. The molecule has 0 saturated carbocycles. The number of nitrogens with zero attached hydrogens (tertiary/aromatic N) is 4. The molecule has 0 radical (unpaired) electrons. The summed E-state index contributed by atoms with van der Waals surface area (Å²) >= 11 is 5.84. The largest absolute Gasteiger partial charge is 0.392 e. The Labute approximate surface area is 217 Å². The van der Waals surface area contributed by atoms with Crippen molar-refractivity contribution in [1.29, 1.82) is 5.41 Å². The minimum atomic E-state index is -0.711. The Bertz CT molecular complexity index is 1410. The molecule has 10 nitrogen and oxygen atoms in total. The molecule has 0 atom stereocenters. The summed E-state index contributed by atoms with van der Waals surface area (Å²) < 4.78 is 15.2. The van der Waals surface area contributed by atoms with E-state index < -0.39 is 17.8 Å². The van der Waals surface area contributed by atoms with Gasteiger partial charge in [-0.2, -0.15) is 4.98 Å². The lowest BCUT2D eigenvalue weighted by Crippen LogP contribution is -2.46. The van der Waals surface area contributed by atoms with E-state index in [1.807, 2.05) is 6.07 Å². The average Bonchev–Trinajstić information content (AvgIpc) is 2.90. The van der Waals surface area contributed by atoms with E-state index in [9.17, 15) is 9.59 Å². The number of aromatic nitrogens is 2. The standard InChI is InChI=1S/C25H22ClFN8O2/c1-3-21(36)31-16-9-10-18(27)20(11-16)35-23-15(14-34(25(35)37)17-7-5-4-6-8-17)12-30-24(33-23)32-19(13-29-2)22(26)28/h3-13,28-29H,1,14H2,2H3,(H,31,36)(H,30,32,33)/b19-13+,28-22?. The van der Waals surface area contributed by atoms with Crippen LogP contribution in [0, 0.1) is 11.2 Å². The molecule has 1 aliphatic rings. The van der Waals surface area contributed by atoms with Gasteiger partial charge in [-0.05, 0) is 36.4 Å². The van der Waals surface area contributed by atoms with Crippen LogP contribution in [0.5, 0.6) is 0 Å². The highest BCUT2D eigenvalue weighted by atomic mass is 35.5. The predicted octanol–water partition coefficient (Wildman–Crippen LogP) is 4.71. The first-order chi connectivity index (χ1) is 17.8. The first-order valence-electron chi connectivity index (χ1n) is 11.0. The molecule has 0 saturated heterocycles. The molecule has 0 unspecified atom stereocenters. The molecule has 188 valence electrons. The van der Waals surface area contributed by atoms with Crippen LogP contribution in [0.1, 0.15) is 5.56 Å². The van der Waals surface area contributed by atoms with Gasteiger partial charge in [0.15, 0.2) is 5.82 Å². The van der Waals surface area contributed by atoms with Gasteiger partial charge in [-0.25, -0.2) is 19.1 Å². The molecule has 1 aromatic heterocycles. The van der Waals surface area contributed by atoms with Crippen molar-refractivity contribution in [2.75, 3.05) is 27.5 Å². The molecule has 3 aromatic rings. The van der Waals surface area contributed by atoms with Gasteiger partial charge in [-0.15, -0.1) is 0 Å². The van der Waals surface area contributed by atoms with E-state index >= 15 is 4.39 Å². The number of urea groups is 1. The number of benzene rings is 2. The Morgan fingerprint density at radius 3 is 2.65 bits per heavy atom. The lowest BCUT2D eigenvalue weighted by Gasteiger charge is -2.36. The maximum absolute atomic E-state index is 15.2. The van der Waals surface area contributed by atoms with Crippen molar-refractivity contribution < 1.29 is 14.0 Å². The molecule has 0 bridgehead atoms. The van der Waals surface area contributed by atoms with Crippen LogP contribution in [0.2, 0.25) is 0 Å². The van der Waals surface area contributed by atoms with Gasteiger partial charge in [0.1, 0.15) is 11.0 Å². The summed E-state index contributed by atoms with van der Waals surface area (Å²) in [7, 11) is 1.63. The van der Waals surface area contributed by atoms with E-state index in [4.69, 9.17) is 17.0 Å². The van der Waals surface area contributed by atoms with Crippen molar-refractivity contribution in [3.8, 4) is 0 Å². The molecule has 12 heteroatoms. The second-order valence-electron chi connectivity index (χ2n) is 7.73. The van der Waals surface area contributed by atoms with E-state index in [1.165, 1.54) is 29.4 Å². The van der Waals surface area contributed by atoms with Crippen molar-refractivity contribution in [1.82, 2.24) is 15.3 Å². The Balaban J connectivity index is 1.85. The summed E-state index contributed by atoms with van der Waals surface area (Å²) in [4.78, 5) is 37.0. The smallest absolute Gasteiger partial charge is 0.335 e. The topological polar surface area (TPSA) is 126 Å². The number of nitrogens with one attached hydrogen (secondary N) is 4. The molecular formula is C25H22ClFN8O2. The highest BCUT2D eigenvalue weighted by Crippen LogP contribution is 2.38. The van der Waals surface area contributed by atoms with Crippen molar-refractivity contribution in [2.45, 2.75) is 6.54 Å². The van der Waals surface area contributed by atoms with Gasteiger partial charge in [0.2, 0.25) is 11.9 Å². The maximum Gasteiger partial charge on any atom is 0.335 e. The van der Waals surface area contributed by atoms with Gasteiger partial charge in [0.05, 0.1) is 17.9 Å². The van der Waals surface area contributed by atoms with Crippen LogP contribution in [0.15, 0.2) is 79.3 Å². The second kappa shape index (κ2) is 10.9. The number of amides is 3. The number of halogens is 2. The van der Waals surface area contributed by atoms with Crippen molar-refractivity contribution in [2.24, 2.45) is 0 Å². The van der Waals surface area contributed by atoms with Crippen LogP contribution >= 0.6 is 11.6 Å². The quantitative estimate of drug-likeness (QED) is 0.252. The zero-order valence-electron chi connectivity index (χ0n) is 19.6. The van der Waals surface area contributed by atoms with E-state index in [0.717, 1.165) is 17.0 Å². The van der Waals surface area contributed by atoms with Gasteiger partial charge >= 0.3 is 6.03 Å². The molecular weight excluding hydrogens is 499 g/mol. The highest BCUT2D eigenvalue weighted by Gasteiger charge is 2.36.